The number of aliphatic carboxylic acids is 1. The molecule has 0 unspecified atom stereocenters. The van der Waals surface area contributed by atoms with Crippen molar-refractivity contribution >= 4 is 23.5 Å². The Bertz CT molecular complexity index is 961. The van der Waals surface area contributed by atoms with Crippen LogP contribution in [0.3, 0.4) is 0 Å². The summed E-state index contributed by atoms with van der Waals surface area (Å²) >= 11 is 0. The number of Topliss-reactive ketones (excluding diaryl/α,β-unsaturated/α-hetero) is 1. The summed E-state index contributed by atoms with van der Waals surface area (Å²) in [6, 6.07) is -1.16. The van der Waals surface area contributed by atoms with Gasteiger partial charge in [0.05, 0.1) is 6.10 Å². The molecule has 0 radical (unpaired) electrons. The van der Waals surface area contributed by atoms with Gasteiger partial charge >= 0.3 is 11.9 Å². The number of carboxylic acids is 1. The quantitative estimate of drug-likeness (QED) is 0.386. The third-order valence-corrected chi connectivity index (χ3v) is 9.83. The Hall–Kier alpha value is -2.10. The molecule has 0 heterocycles. The fourth-order valence-electron chi connectivity index (χ4n) is 7.91. The number of allylic oxidation sites excluding steroid dienone is 1. The summed E-state index contributed by atoms with van der Waals surface area (Å²) in [5.74, 6) is -2.32. The molecule has 4 aliphatic carbocycles. The van der Waals surface area contributed by atoms with E-state index in [9.17, 15) is 29.4 Å². The number of hydrogen-bond acceptors (Lipinski definition) is 8. The lowest BCUT2D eigenvalue weighted by atomic mass is 9.45. The second-order valence-corrected chi connectivity index (χ2v) is 11.5. The number of aliphatic hydroxyl groups excluding tert-OH is 1. The standard InChI is InChI=1S/C26H37NO8/c1-24-9-7-15(28)11-14(24)3-4-16-17-8-10-26(34,25(17,2)12-19(29)22(16)24)20(30)13-35-23(33)18(27)5-6-21(31)32/h11,16-19,22,29,34H,3-10,12-13,27H2,1-2H3,(H,31,32)/t16-,17-,18-,19-,22-,24-,25-,26+/m1/s1. The minimum Gasteiger partial charge on any atom is -0.481 e. The first-order valence-corrected chi connectivity index (χ1v) is 12.6. The molecule has 0 bridgehead atoms. The molecule has 0 amide bonds. The summed E-state index contributed by atoms with van der Waals surface area (Å²) in [5, 5.41) is 31.8. The van der Waals surface area contributed by atoms with E-state index in [0.717, 1.165) is 18.4 Å². The lowest BCUT2D eigenvalue weighted by molar-refractivity contribution is -0.184. The van der Waals surface area contributed by atoms with E-state index in [4.69, 9.17) is 15.6 Å². The van der Waals surface area contributed by atoms with Crippen molar-refractivity contribution in [1.29, 1.82) is 0 Å². The average Bonchev–Trinajstić information content (AvgIpc) is 3.06. The molecule has 0 aromatic rings. The lowest BCUT2D eigenvalue weighted by Crippen LogP contribution is -2.62. The molecular weight excluding hydrogens is 454 g/mol. The summed E-state index contributed by atoms with van der Waals surface area (Å²) in [6.45, 7) is 3.36. The Morgan fingerprint density at radius 1 is 1.20 bits per heavy atom. The van der Waals surface area contributed by atoms with E-state index >= 15 is 0 Å². The molecule has 0 aromatic heterocycles. The highest BCUT2D eigenvalue weighted by Gasteiger charge is 2.68. The summed E-state index contributed by atoms with van der Waals surface area (Å²) in [7, 11) is 0. The highest BCUT2D eigenvalue weighted by Crippen LogP contribution is 2.67. The van der Waals surface area contributed by atoms with Crippen LogP contribution in [0.15, 0.2) is 11.6 Å². The topological polar surface area (TPSA) is 164 Å². The first-order valence-electron chi connectivity index (χ1n) is 12.6. The molecule has 0 spiro atoms. The van der Waals surface area contributed by atoms with Crippen LogP contribution in [0.5, 0.6) is 0 Å². The minimum absolute atomic E-state index is 0.0226. The highest BCUT2D eigenvalue weighted by atomic mass is 16.5. The second-order valence-electron chi connectivity index (χ2n) is 11.5. The van der Waals surface area contributed by atoms with E-state index < -0.39 is 47.5 Å². The van der Waals surface area contributed by atoms with E-state index in [2.05, 4.69) is 6.92 Å². The van der Waals surface area contributed by atoms with Gasteiger partial charge < -0.3 is 25.8 Å². The first-order chi connectivity index (χ1) is 16.3. The summed E-state index contributed by atoms with van der Waals surface area (Å²) in [4.78, 5) is 48.1. The summed E-state index contributed by atoms with van der Waals surface area (Å²) in [6.07, 6.45) is 4.51. The number of carboxylic acid groups (broad SMARTS) is 1. The number of esters is 1. The Kier molecular flexibility index (Phi) is 6.74. The predicted octanol–water partition coefficient (Wildman–Crippen LogP) is 1.52. The maximum Gasteiger partial charge on any atom is 0.323 e. The zero-order chi connectivity index (χ0) is 25.8. The van der Waals surface area contributed by atoms with Crippen molar-refractivity contribution in [3.8, 4) is 0 Å². The maximum atomic E-state index is 13.2. The summed E-state index contributed by atoms with van der Waals surface area (Å²) in [5.41, 5.74) is 3.91. The van der Waals surface area contributed by atoms with Crippen LogP contribution in [-0.4, -0.2) is 63.2 Å². The zero-order valence-corrected chi connectivity index (χ0v) is 20.5. The SMILES string of the molecule is C[C@@]12CCC(=O)C=C1CC[C@H]1[C@@H]2[C@H](O)C[C@]2(C)[C@@H]1CC[C@]2(O)C(=O)COC(=O)[C@H](N)CCC(=O)O. The number of nitrogens with two attached hydrogens (primary N) is 1. The fourth-order valence-corrected chi connectivity index (χ4v) is 7.91. The number of fused-ring (bicyclic) bond motifs is 5. The van der Waals surface area contributed by atoms with E-state index in [-0.39, 0.29) is 54.6 Å². The number of carbonyl (C=O) groups is 4. The number of carbonyl (C=O) groups excluding carboxylic acids is 3. The van der Waals surface area contributed by atoms with Gasteiger partial charge in [0, 0.05) is 18.3 Å². The number of aliphatic hydroxyl groups is 2. The van der Waals surface area contributed by atoms with Crippen molar-refractivity contribution in [2.75, 3.05) is 6.61 Å². The monoisotopic (exact) mass is 491 g/mol. The van der Waals surface area contributed by atoms with Gasteiger partial charge in [0.25, 0.3) is 0 Å². The maximum absolute atomic E-state index is 13.2. The van der Waals surface area contributed by atoms with Gasteiger partial charge in [0.2, 0.25) is 5.78 Å². The van der Waals surface area contributed by atoms with Crippen molar-refractivity contribution in [2.24, 2.45) is 34.3 Å². The van der Waals surface area contributed by atoms with Crippen molar-refractivity contribution in [3.05, 3.63) is 11.6 Å². The Morgan fingerprint density at radius 3 is 2.60 bits per heavy atom. The van der Waals surface area contributed by atoms with E-state index in [1.54, 1.807) is 6.08 Å². The van der Waals surface area contributed by atoms with Crippen molar-refractivity contribution in [1.82, 2.24) is 0 Å². The Morgan fingerprint density at radius 2 is 1.91 bits per heavy atom. The number of ketones is 2. The largest absolute Gasteiger partial charge is 0.481 e. The number of ether oxygens (including phenoxy) is 1. The summed E-state index contributed by atoms with van der Waals surface area (Å²) < 4.78 is 5.06. The van der Waals surface area contributed by atoms with E-state index in [1.165, 1.54) is 0 Å². The molecule has 0 aliphatic heterocycles. The van der Waals surface area contributed by atoms with Gasteiger partial charge in [0.15, 0.2) is 12.4 Å². The van der Waals surface area contributed by atoms with Crippen molar-refractivity contribution in [2.45, 2.75) is 89.4 Å². The van der Waals surface area contributed by atoms with Crippen LogP contribution in [-0.2, 0) is 23.9 Å². The number of hydrogen-bond donors (Lipinski definition) is 4. The third kappa shape index (κ3) is 4.15. The normalized spacial score (nSPS) is 41.2. The van der Waals surface area contributed by atoms with Crippen LogP contribution in [0.1, 0.15) is 71.6 Å². The molecule has 8 atom stereocenters. The molecule has 3 fully saturated rings. The molecule has 0 saturated heterocycles. The average molecular weight is 492 g/mol. The van der Waals surface area contributed by atoms with Gasteiger partial charge in [-0.1, -0.05) is 19.4 Å². The molecule has 35 heavy (non-hydrogen) atoms. The van der Waals surface area contributed by atoms with Crippen molar-refractivity contribution < 1.29 is 39.2 Å². The van der Waals surface area contributed by atoms with Crippen LogP contribution in [0.2, 0.25) is 0 Å². The predicted molar refractivity (Wildman–Crippen MR) is 124 cm³/mol. The molecule has 9 nitrogen and oxygen atoms in total. The molecule has 4 aliphatic rings. The molecular formula is C26H37NO8. The van der Waals surface area contributed by atoms with Gasteiger partial charge in [-0.25, -0.2) is 0 Å². The Balaban J connectivity index is 1.49. The van der Waals surface area contributed by atoms with Gasteiger partial charge in [-0.2, -0.15) is 0 Å². The lowest BCUT2D eigenvalue weighted by Gasteiger charge is -2.60. The molecule has 5 N–H and O–H groups in total. The van der Waals surface area contributed by atoms with Crippen LogP contribution >= 0.6 is 0 Å². The van der Waals surface area contributed by atoms with Crippen LogP contribution in [0.4, 0.5) is 0 Å². The van der Waals surface area contributed by atoms with Gasteiger partial charge in [-0.15, -0.1) is 0 Å². The smallest absolute Gasteiger partial charge is 0.323 e. The molecule has 3 saturated carbocycles. The molecule has 0 aromatic carbocycles. The molecule has 194 valence electrons. The van der Waals surface area contributed by atoms with E-state index in [0.29, 0.717) is 19.3 Å². The highest BCUT2D eigenvalue weighted by molar-refractivity contribution is 5.92. The third-order valence-electron chi connectivity index (χ3n) is 9.83. The van der Waals surface area contributed by atoms with Gasteiger partial charge in [-0.3, -0.25) is 19.2 Å². The fraction of sp³-hybridized carbons (Fsp3) is 0.769. The second kappa shape index (κ2) is 9.09. The first kappa shape index (κ1) is 26.0. The minimum atomic E-state index is -1.74. The zero-order valence-electron chi connectivity index (χ0n) is 20.5. The van der Waals surface area contributed by atoms with Crippen LogP contribution in [0.25, 0.3) is 0 Å². The van der Waals surface area contributed by atoms with Gasteiger partial charge in [0.1, 0.15) is 11.6 Å². The van der Waals surface area contributed by atoms with E-state index in [1.807, 2.05) is 6.92 Å². The van der Waals surface area contributed by atoms with Crippen LogP contribution < -0.4 is 5.73 Å². The molecule has 9 heteroatoms. The van der Waals surface area contributed by atoms with Crippen LogP contribution in [0, 0.1) is 28.6 Å². The van der Waals surface area contributed by atoms with Crippen molar-refractivity contribution in [3.63, 3.8) is 0 Å². The Labute approximate surface area is 205 Å². The molecule has 4 rings (SSSR count). The number of rotatable bonds is 7. The van der Waals surface area contributed by atoms with Gasteiger partial charge in [-0.05, 0) is 74.2 Å².